The van der Waals surface area contributed by atoms with Crippen LogP contribution in [0.1, 0.15) is 128 Å². The predicted molar refractivity (Wildman–Crippen MR) is 375 cm³/mol. The number of nitrogens with zero attached hydrogens (tertiary/aromatic N) is 3. The highest BCUT2D eigenvalue weighted by atomic mass is 32.1. The molecule has 0 fully saturated rings. The van der Waals surface area contributed by atoms with Gasteiger partial charge in [-0.2, -0.15) is 0 Å². The van der Waals surface area contributed by atoms with E-state index in [9.17, 15) is 0 Å². The third-order valence-electron chi connectivity index (χ3n) is 20.4. The van der Waals surface area contributed by atoms with Crippen molar-refractivity contribution in [3.63, 3.8) is 0 Å². The van der Waals surface area contributed by atoms with Crippen LogP contribution in [0.3, 0.4) is 0 Å². The van der Waals surface area contributed by atoms with Gasteiger partial charge in [0.25, 0.3) is 0 Å². The number of fused-ring (bicyclic) bond motifs is 26. The first-order chi connectivity index (χ1) is 42.2. The fourth-order valence-electron chi connectivity index (χ4n) is 16.1. The number of hydrogen-bond donors (Lipinski definition) is 0. The number of aromatic nitrogens is 3. The Bertz CT molecular complexity index is 5380. The molecule has 11 aromatic carbocycles. The Labute approximate surface area is 516 Å². The molecule has 1 aliphatic carbocycles. The minimum atomic E-state index is -0.854. The summed E-state index contributed by atoms with van der Waals surface area (Å²) in [4.78, 5) is 0. The van der Waals surface area contributed by atoms with Crippen LogP contribution >= 0.6 is 11.3 Å². The van der Waals surface area contributed by atoms with Gasteiger partial charge in [0, 0.05) is 58.6 Å². The zero-order valence-electron chi connectivity index (χ0n) is 52.2. The summed E-state index contributed by atoms with van der Waals surface area (Å²) in [5, 5.41) is 12.4. The van der Waals surface area contributed by atoms with Crippen molar-refractivity contribution in [3.05, 3.63) is 245 Å². The minimum absolute atomic E-state index is 0.0437. The third-order valence-corrected chi connectivity index (χ3v) is 21.6. The Morgan fingerprint density at radius 1 is 0.330 bits per heavy atom. The number of furan rings is 1. The van der Waals surface area contributed by atoms with Gasteiger partial charge in [0.1, 0.15) is 5.58 Å². The summed E-state index contributed by atoms with van der Waals surface area (Å²) >= 11 is 1.93. The number of para-hydroxylation sites is 4. The first-order valence-corrected chi connectivity index (χ1v) is 32.3. The van der Waals surface area contributed by atoms with E-state index in [2.05, 4.69) is 297 Å². The molecule has 0 saturated heterocycles. The van der Waals surface area contributed by atoms with Gasteiger partial charge >= 0.3 is 0 Å². The average molecular weight is 1160 g/mol. The van der Waals surface area contributed by atoms with Gasteiger partial charge in [0.2, 0.25) is 0 Å². The van der Waals surface area contributed by atoms with Crippen LogP contribution in [0.5, 0.6) is 0 Å². The lowest BCUT2D eigenvalue weighted by Gasteiger charge is -2.40. The van der Waals surface area contributed by atoms with Crippen molar-refractivity contribution in [1.82, 2.24) is 13.7 Å². The van der Waals surface area contributed by atoms with Crippen LogP contribution in [-0.2, 0) is 27.1 Å². The number of hydrogen-bond acceptors (Lipinski definition) is 2. The maximum atomic E-state index is 7.60. The molecule has 16 aromatic rings. The van der Waals surface area contributed by atoms with Gasteiger partial charge in [-0.15, -0.1) is 11.3 Å². The van der Waals surface area contributed by atoms with E-state index in [0.29, 0.717) is 0 Å². The molecule has 5 aromatic heterocycles. The number of benzene rings is 11. The topological polar surface area (TPSA) is 27.9 Å². The van der Waals surface area contributed by atoms with Crippen molar-refractivity contribution in [3.8, 4) is 28.2 Å². The second-order valence-electron chi connectivity index (χ2n) is 29.7. The SMILES string of the molecule is CC(C)(C)c1ccc2c(c1)c1cc(C(C)(C)C)ccc1n2-c1cc2c(c3c1oc1ccccc13)-c1c(cc(-n3c4ccc(C(C)(C)C)cc4c4cc(C(C)(C)C)ccc43)c3sc4ccccc4c13)C21c2ccccc2-n2c3ccccc3c3cccc1c32. The molecule has 88 heavy (non-hydrogen) atoms. The lowest BCUT2D eigenvalue weighted by molar-refractivity contribution is 0.590. The number of thiophene rings is 1. The van der Waals surface area contributed by atoms with Crippen molar-refractivity contribution in [1.29, 1.82) is 0 Å². The van der Waals surface area contributed by atoms with Crippen LogP contribution in [0.15, 0.2) is 205 Å². The average Bonchev–Trinajstić information content (AvgIpc) is 1.47. The highest BCUT2D eigenvalue weighted by Gasteiger charge is 2.53. The van der Waals surface area contributed by atoms with E-state index < -0.39 is 5.41 Å². The summed E-state index contributed by atoms with van der Waals surface area (Å²) in [5.41, 5.74) is 24.3. The molecule has 428 valence electrons. The molecule has 1 spiro atoms. The molecule has 1 aliphatic heterocycles. The summed E-state index contributed by atoms with van der Waals surface area (Å²) in [7, 11) is 0. The smallest absolute Gasteiger partial charge is 0.160 e. The van der Waals surface area contributed by atoms with Crippen LogP contribution in [0.2, 0.25) is 0 Å². The zero-order chi connectivity index (χ0) is 60.0. The number of rotatable bonds is 2. The molecule has 18 rings (SSSR count). The second-order valence-corrected chi connectivity index (χ2v) is 30.7. The van der Waals surface area contributed by atoms with Crippen LogP contribution in [-0.4, -0.2) is 13.7 Å². The monoisotopic (exact) mass is 1160 g/mol. The van der Waals surface area contributed by atoms with E-state index >= 15 is 0 Å². The molecule has 1 atom stereocenters. The summed E-state index contributed by atoms with van der Waals surface area (Å²) < 4.78 is 17.9. The highest BCUT2D eigenvalue weighted by molar-refractivity contribution is 7.26. The van der Waals surface area contributed by atoms with Crippen LogP contribution in [0.4, 0.5) is 0 Å². The van der Waals surface area contributed by atoms with E-state index in [1.54, 1.807) is 0 Å². The van der Waals surface area contributed by atoms with Gasteiger partial charge in [-0.05, 0) is 162 Å². The molecule has 0 N–H and O–H groups in total. The van der Waals surface area contributed by atoms with Gasteiger partial charge in [-0.1, -0.05) is 198 Å². The normalized spacial score (nSPS) is 15.3. The molecule has 0 saturated carbocycles. The van der Waals surface area contributed by atoms with Crippen molar-refractivity contribution < 1.29 is 4.42 Å². The van der Waals surface area contributed by atoms with Crippen LogP contribution in [0.25, 0.3) is 136 Å². The molecule has 0 bridgehead atoms. The first-order valence-electron chi connectivity index (χ1n) is 31.5. The van der Waals surface area contributed by atoms with Crippen LogP contribution in [0, 0.1) is 0 Å². The molecule has 4 nitrogen and oxygen atoms in total. The Balaban J connectivity index is 1.09. The quantitative estimate of drug-likeness (QED) is 0.170. The molecular weight excluding hydrogens is 1090 g/mol. The standard InChI is InChI=1S/C83H69N3OS/c1-79(2,3)46-32-36-63-54(40-46)55-41-47(80(4,5)6)33-37-64(55)84(63)68-44-60-74(72-52-23-14-19-30-70(52)87-77(68)72)75-61(83(60)58-26-16-18-29-67(58)86-62-28-17-13-22-50(62)51-25-21-27-59(83)76(51)86)45-69(78-73(75)53-24-15-20-31-71(53)88-78)85-65-38-34-48(81(7,8)9)42-56(65)57-43-49(82(10,11)12)35-39-66(57)85/h13-45H,1-12H3. The summed E-state index contributed by atoms with van der Waals surface area (Å²) in [6.45, 7) is 28.0. The van der Waals surface area contributed by atoms with E-state index in [4.69, 9.17) is 4.42 Å². The van der Waals surface area contributed by atoms with Crippen molar-refractivity contribution in [2.45, 2.75) is 110 Å². The maximum absolute atomic E-state index is 7.60. The van der Waals surface area contributed by atoms with Crippen molar-refractivity contribution in [2.75, 3.05) is 0 Å². The predicted octanol–water partition coefficient (Wildman–Crippen LogP) is 23.1. The molecular formula is C83H69N3OS. The molecule has 2 aliphatic rings. The zero-order valence-corrected chi connectivity index (χ0v) is 53.0. The van der Waals surface area contributed by atoms with Gasteiger partial charge in [-0.3, -0.25) is 0 Å². The Morgan fingerprint density at radius 2 is 0.773 bits per heavy atom. The first kappa shape index (κ1) is 52.0. The van der Waals surface area contributed by atoms with E-state index in [-0.39, 0.29) is 21.7 Å². The van der Waals surface area contributed by atoms with Crippen molar-refractivity contribution >= 4 is 119 Å². The van der Waals surface area contributed by atoms with Crippen LogP contribution < -0.4 is 0 Å². The van der Waals surface area contributed by atoms with Gasteiger partial charge in [0.05, 0.1) is 60.3 Å². The summed E-state index contributed by atoms with van der Waals surface area (Å²) in [6, 6.07) is 78.0. The molecule has 0 radical (unpaired) electrons. The fraction of sp³-hybridized carbons (Fsp3) is 0.205. The molecule has 0 amide bonds. The molecule has 5 heteroatoms. The van der Waals surface area contributed by atoms with E-state index in [1.165, 1.54) is 142 Å². The summed E-state index contributed by atoms with van der Waals surface area (Å²) in [5.74, 6) is 0. The largest absolute Gasteiger partial charge is 0.454 e. The third kappa shape index (κ3) is 6.70. The summed E-state index contributed by atoms with van der Waals surface area (Å²) in [6.07, 6.45) is 0. The lowest BCUT2D eigenvalue weighted by atomic mass is 9.65. The highest BCUT2D eigenvalue weighted by Crippen LogP contribution is 2.66. The lowest BCUT2D eigenvalue weighted by Crippen LogP contribution is -2.33. The fourth-order valence-corrected chi connectivity index (χ4v) is 17.3. The maximum Gasteiger partial charge on any atom is 0.160 e. The Hall–Kier alpha value is -9.16. The van der Waals surface area contributed by atoms with Gasteiger partial charge in [-0.25, -0.2) is 0 Å². The molecule has 6 heterocycles. The van der Waals surface area contributed by atoms with Gasteiger partial charge < -0.3 is 18.1 Å². The van der Waals surface area contributed by atoms with Crippen molar-refractivity contribution in [2.24, 2.45) is 0 Å². The Kier molecular flexibility index (Phi) is 10.1. The van der Waals surface area contributed by atoms with E-state index in [0.717, 1.165) is 38.7 Å². The van der Waals surface area contributed by atoms with Gasteiger partial charge in [0.15, 0.2) is 5.58 Å². The molecule has 1 unspecified atom stereocenters. The Morgan fingerprint density at radius 3 is 1.35 bits per heavy atom. The second kappa shape index (κ2) is 17.1. The van der Waals surface area contributed by atoms with E-state index in [1.807, 2.05) is 11.3 Å². The minimum Gasteiger partial charge on any atom is -0.454 e.